The molecule has 0 spiro atoms. The molecule has 1 aliphatic rings. The standard InChI is InChI=1S/C24H31N5O3/c1-2-3-15-25-22(30)18-8-7-16-29(17-18)24(32)28-21-13-11-20(12-14-21)27-23(31)26-19-9-5-4-6-10-19/h4-6,9-14,18H,2-3,7-8,15-17H2,1H3,(H,25,30)(H,28,32)(H2,26,27,31)/t18-/m0/s1. The maximum atomic E-state index is 12.7. The highest BCUT2D eigenvalue weighted by atomic mass is 16.2. The van der Waals surface area contributed by atoms with Crippen molar-refractivity contribution in [2.75, 3.05) is 35.6 Å². The number of anilines is 3. The lowest BCUT2D eigenvalue weighted by molar-refractivity contribution is -0.126. The highest BCUT2D eigenvalue weighted by Crippen LogP contribution is 2.19. The van der Waals surface area contributed by atoms with Crippen molar-refractivity contribution in [3.05, 3.63) is 54.6 Å². The number of amides is 5. The second-order valence-corrected chi connectivity index (χ2v) is 7.88. The quantitative estimate of drug-likeness (QED) is 0.480. The molecule has 0 aliphatic carbocycles. The number of nitrogens with one attached hydrogen (secondary N) is 4. The lowest BCUT2D eigenvalue weighted by atomic mass is 9.97. The molecule has 8 heteroatoms. The van der Waals surface area contributed by atoms with Crippen molar-refractivity contribution in [1.29, 1.82) is 0 Å². The van der Waals surface area contributed by atoms with Crippen molar-refractivity contribution >= 4 is 35.0 Å². The molecule has 1 saturated heterocycles. The van der Waals surface area contributed by atoms with Gasteiger partial charge in [0.1, 0.15) is 0 Å². The number of nitrogens with zero attached hydrogens (tertiary/aromatic N) is 1. The highest BCUT2D eigenvalue weighted by molar-refractivity contribution is 6.00. The first-order chi connectivity index (χ1) is 15.5. The number of urea groups is 2. The zero-order valence-corrected chi connectivity index (χ0v) is 18.4. The van der Waals surface area contributed by atoms with E-state index < -0.39 is 0 Å². The smallest absolute Gasteiger partial charge is 0.323 e. The van der Waals surface area contributed by atoms with E-state index in [1.54, 1.807) is 41.3 Å². The van der Waals surface area contributed by atoms with E-state index in [0.717, 1.165) is 25.7 Å². The number of rotatable bonds is 7. The Kier molecular flexibility index (Phi) is 8.48. The van der Waals surface area contributed by atoms with Crippen molar-refractivity contribution in [3.8, 4) is 0 Å². The molecule has 0 unspecified atom stereocenters. The minimum atomic E-state index is -0.343. The molecule has 32 heavy (non-hydrogen) atoms. The number of carbonyl (C=O) groups is 3. The van der Waals surface area contributed by atoms with Gasteiger partial charge in [0.2, 0.25) is 5.91 Å². The zero-order valence-electron chi connectivity index (χ0n) is 18.4. The normalized spacial score (nSPS) is 15.5. The van der Waals surface area contributed by atoms with Gasteiger partial charge in [0.05, 0.1) is 5.92 Å². The van der Waals surface area contributed by atoms with Crippen LogP contribution >= 0.6 is 0 Å². The summed E-state index contributed by atoms with van der Waals surface area (Å²) in [7, 11) is 0. The molecule has 1 aliphatic heterocycles. The van der Waals surface area contributed by atoms with Gasteiger partial charge in [0.15, 0.2) is 0 Å². The van der Waals surface area contributed by atoms with Gasteiger partial charge < -0.3 is 26.2 Å². The Bertz CT molecular complexity index is 902. The van der Waals surface area contributed by atoms with Crippen molar-refractivity contribution in [1.82, 2.24) is 10.2 Å². The van der Waals surface area contributed by atoms with Gasteiger partial charge in [0.25, 0.3) is 0 Å². The summed E-state index contributed by atoms with van der Waals surface area (Å²) in [6, 6.07) is 15.5. The summed E-state index contributed by atoms with van der Waals surface area (Å²) in [6.45, 7) is 3.82. The van der Waals surface area contributed by atoms with Crippen LogP contribution in [0.25, 0.3) is 0 Å². The Labute approximate surface area is 188 Å². The van der Waals surface area contributed by atoms with E-state index in [-0.39, 0.29) is 23.9 Å². The molecule has 0 saturated carbocycles. The Balaban J connectivity index is 1.47. The zero-order chi connectivity index (χ0) is 22.8. The average Bonchev–Trinajstić information content (AvgIpc) is 2.81. The number of hydrogen-bond acceptors (Lipinski definition) is 3. The van der Waals surface area contributed by atoms with Gasteiger partial charge in [-0.25, -0.2) is 9.59 Å². The average molecular weight is 438 g/mol. The first-order valence-electron chi connectivity index (χ1n) is 11.1. The van der Waals surface area contributed by atoms with Crippen LogP contribution in [0, 0.1) is 5.92 Å². The van der Waals surface area contributed by atoms with Gasteiger partial charge in [0, 0.05) is 36.7 Å². The first kappa shape index (κ1) is 23.1. The summed E-state index contributed by atoms with van der Waals surface area (Å²) >= 11 is 0. The third-order valence-electron chi connectivity index (χ3n) is 5.33. The summed E-state index contributed by atoms with van der Waals surface area (Å²) < 4.78 is 0. The van der Waals surface area contributed by atoms with Crippen LogP contribution in [-0.2, 0) is 4.79 Å². The summed E-state index contributed by atoms with van der Waals surface area (Å²) in [5.74, 6) is -0.138. The van der Waals surface area contributed by atoms with Crippen LogP contribution in [0.3, 0.4) is 0 Å². The first-order valence-corrected chi connectivity index (χ1v) is 11.1. The molecule has 1 fully saturated rings. The molecule has 2 aromatic carbocycles. The lowest BCUT2D eigenvalue weighted by Gasteiger charge is -2.32. The Hall–Kier alpha value is -3.55. The van der Waals surface area contributed by atoms with E-state index in [2.05, 4.69) is 28.2 Å². The van der Waals surface area contributed by atoms with Crippen LogP contribution in [0.5, 0.6) is 0 Å². The minimum absolute atomic E-state index is 0.0279. The highest BCUT2D eigenvalue weighted by Gasteiger charge is 2.28. The summed E-state index contributed by atoms with van der Waals surface area (Å²) in [4.78, 5) is 38.8. The number of para-hydroxylation sites is 1. The van der Waals surface area contributed by atoms with E-state index in [4.69, 9.17) is 0 Å². The summed E-state index contributed by atoms with van der Waals surface area (Å²) in [5.41, 5.74) is 1.93. The van der Waals surface area contributed by atoms with Crippen LogP contribution in [-0.4, -0.2) is 42.5 Å². The van der Waals surface area contributed by atoms with Gasteiger partial charge >= 0.3 is 12.1 Å². The van der Waals surface area contributed by atoms with E-state index in [1.165, 1.54) is 0 Å². The lowest BCUT2D eigenvalue weighted by Crippen LogP contribution is -2.47. The predicted molar refractivity (Wildman–Crippen MR) is 127 cm³/mol. The van der Waals surface area contributed by atoms with Gasteiger partial charge in [-0.3, -0.25) is 4.79 Å². The topological polar surface area (TPSA) is 103 Å². The number of unbranched alkanes of at least 4 members (excludes halogenated alkanes) is 1. The Morgan fingerprint density at radius 2 is 1.53 bits per heavy atom. The molecular formula is C24H31N5O3. The van der Waals surface area contributed by atoms with E-state index in [0.29, 0.717) is 36.7 Å². The van der Waals surface area contributed by atoms with E-state index in [1.807, 2.05) is 18.2 Å². The van der Waals surface area contributed by atoms with E-state index in [9.17, 15) is 14.4 Å². The number of likely N-dealkylation sites (tertiary alicyclic amines) is 1. The Morgan fingerprint density at radius 3 is 2.19 bits per heavy atom. The maximum absolute atomic E-state index is 12.7. The van der Waals surface area contributed by atoms with Crippen molar-refractivity contribution in [2.45, 2.75) is 32.6 Å². The summed E-state index contributed by atoms with van der Waals surface area (Å²) in [6.07, 6.45) is 3.60. The van der Waals surface area contributed by atoms with Crippen LogP contribution in [0.2, 0.25) is 0 Å². The molecule has 0 radical (unpaired) electrons. The predicted octanol–water partition coefficient (Wildman–Crippen LogP) is 4.49. The van der Waals surface area contributed by atoms with Gasteiger partial charge in [-0.15, -0.1) is 0 Å². The van der Waals surface area contributed by atoms with Crippen LogP contribution in [0.15, 0.2) is 54.6 Å². The minimum Gasteiger partial charge on any atom is -0.356 e. The molecule has 2 aromatic rings. The molecule has 1 heterocycles. The molecule has 3 rings (SSSR count). The third kappa shape index (κ3) is 7.01. The van der Waals surface area contributed by atoms with E-state index >= 15 is 0 Å². The van der Waals surface area contributed by atoms with Crippen LogP contribution < -0.4 is 21.3 Å². The fraction of sp³-hybridized carbons (Fsp3) is 0.375. The third-order valence-corrected chi connectivity index (χ3v) is 5.33. The van der Waals surface area contributed by atoms with Crippen LogP contribution in [0.1, 0.15) is 32.6 Å². The SMILES string of the molecule is CCCCNC(=O)[C@H]1CCCN(C(=O)Nc2ccc(NC(=O)Nc3ccccc3)cc2)C1. The second-order valence-electron chi connectivity index (χ2n) is 7.88. The van der Waals surface area contributed by atoms with Gasteiger partial charge in [-0.1, -0.05) is 31.5 Å². The van der Waals surface area contributed by atoms with Crippen LogP contribution in [0.4, 0.5) is 26.7 Å². The molecule has 5 amide bonds. The molecule has 4 N–H and O–H groups in total. The molecular weight excluding hydrogens is 406 g/mol. The van der Waals surface area contributed by atoms with Crippen molar-refractivity contribution < 1.29 is 14.4 Å². The molecule has 0 bridgehead atoms. The van der Waals surface area contributed by atoms with Crippen molar-refractivity contribution in [2.24, 2.45) is 5.92 Å². The fourth-order valence-corrected chi connectivity index (χ4v) is 3.56. The molecule has 170 valence electrons. The maximum Gasteiger partial charge on any atom is 0.323 e. The van der Waals surface area contributed by atoms with Gasteiger partial charge in [-0.05, 0) is 55.7 Å². The molecule has 1 atom stereocenters. The molecule has 8 nitrogen and oxygen atoms in total. The number of hydrogen-bond donors (Lipinski definition) is 4. The Morgan fingerprint density at radius 1 is 0.906 bits per heavy atom. The number of carbonyl (C=O) groups excluding carboxylic acids is 3. The largest absolute Gasteiger partial charge is 0.356 e. The molecule has 0 aromatic heterocycles. The van der Waals surface area contributed by atoms with Crippen molar-refractivity contribution in [3.63, 3.8) is 0 Å². The second kappa shape index (κ2) is 11.7. The number of piperidine rings is 1. The monoisotopic (exact) mass is 437 g/mol. The number of benzene rings is 2. The summed E-state index contributed by atoms with van der Waals surface area (Å²) in [5, 5.41) is 11.3. The fourth-order valence-electron chi connectivity index (χ4n) is 3.56. The van der Waals surface area contributed by atoms with Gasteiger partial charge in [-0.2, -0.15) is 0 Å².